The van der Waals surface area contributed by atoms with Crippen LogP contribution in [0, 0.1) is 0 Å². The molecule has 0 fully saturated rings. The van der Waals surface area contributed by atoms with Crippen LogP contribution in [0.2, 0.25) is 0 Å². The summed E-state index contributed by atoms with van der Waals surface area (Å²) < 4.78 is 36.8. The van der Waals surface area contributed by atoms with Crippen LogP contribution in [0.1, 0.15) is 5.56 Å². The smallest absolute Gasteiger partial charge is 0.662 e. The molecule has 6 heteroatoms. The minimum Gasteiger partial charge on any atom is -0.662 e. The fraction of sp³-hybridized carbons (Fsp3) is 0.100. The molecule has 0 amide bonds. The standard InChI is InChI=1S/C10H6F3N2.Os/c11-10(12,13)7-5-9(15-6-7)8-3-1-2-4-14-8;/h1-6H;/q-1;+1. The molecule has 0 aromatic carbocycles. The Morgan fingerprint density at radius 1 is 1.19 bits per heavy atom. The van der Waals surface area contributed by atoms with Crippen LogP contribution in [-0.4, -0.2) is 4.98 Å². The zero-order valence-electron chi connectivity index (χ0n) is 7.85. The van der Waals surface area contributed by atoms with E-state index in [1.54, 1.807) is 18.2 Å². The van der Waals surface area contributed by atoms with Crippen molar-refractivity contribution in [3.63, 3.8) is 0 Å². The topological polar surface area (TPSA) is 27.0 Å². The summed E-state index contributed by atoms with van der Waals surface area (Å²) in [5.74, 6) is 0. The molecule has 0 N–H and O–H groups in total. The summed E-state index contributed by atoms with van der Waals surface area (Å²) in [7, 11) is 0. The van der Waals surface area contributed by atoms with Gasteiger partial charge in [0.25, 0.3) is 0 Å². The van der Waals surface area contributed by atoms with Crippen molar-refractivity contribution in [2.75, 3.05) is 0 Å². The van der Waals surface area contributed by atoms with Gasteiger partial charge >= 0.3 is 26.0 Å². The molecular formula is C10H6F3N2Os. The molecule has 0 aliphatic rings. The number of halogens is 3. The molecule has 2 nitrogen and oxygen atoms in total. The van der Waals surface area contributed by atoms with Gasteiger partial charge in [-0.2, -0.15) is 19.4 Å². The fourth-order valence-corrected chi connectivity index (χ4v) is 1.17. The predicted molar refractivity (Wildman–Crippen MR) is 48.0 cm³/mol. The van der Waals surface area contributed by atoms with Crippen molar-refractivity contribution in [2.24, 2.45) is 0 Å². The number of hydrogen-bond acceptors (Lipinski definition) is 1. The summed E-state index contributed by atoms with van der Waals surface area (Å²) in [6.45, 7) is 0. The van der Waals surface area contributed by atoms with E-state index in [0.717, 1.165) is 12.3 Å². The summed E-state index contributed by atoms with van der Waals surface area (Å²) in [5.41, 5.74) is -0.0703. The molecular weight excluding hydrogens is 395 g/mol. The largest absolute Gasteiger partial charge is 1.00 e. The summed E-state index contributed by atoms with van der Waals surface area (Å²) in [6.07, 6.45) is -2.03. The van der Waals surface area contributed by atoms with Crippen molar-refractivity contribution in [3.8, 4) is 11.4 Å². The normalized spacial score (nSPS) is 10.9. The van der Waals surface area contributed by atoms with Gasteiger partial charge in [-0.1, -0.05) is 12.1 Å². The third kappa shape index (κ3) is 2.70. The van der Waals surface area contributed by atoms with Crippen molar-refractivity contribution in [2.45, 2.75) is 6.18 Å². The van der Waals surface area contributed by atoms with Crippen LogP contribution in [0.5, 0.6) is 0 Å². The molecule has 1 radical (unpaired) electrons. The SMILES string of the molecule is FC(F)(F)c1c[n-]c(-c2ccccn2)c1.[Os+]. The Hall–Kier alpha value is -1.14. The van der Waals surface area contributed by atoms with Gasteiger partial charge in [0, 0.05) is 17.5 Å². The van der Waals surface area contributed by atoms with Crippen LogP contribution in [0.4, 0.5) is 13.2 Å². The van der Waals surface area contributed by atoms with Crippen molar-refractivity contribution >= 4 is 0 Å². The summed E-state index contributed by atoms with van der Waals surface area (Å²) in [5, 5.41) is 0. The van der Waals surface area contributed by atoms with Crippen LogP contribution in [-0.2, 0) is 26.0 Å². The van der Waals surface area contributed by atoms with E-state index in [2.05, 4.69) is 9.97 Å². The molecule has 0 unspecified atom stereocenters. The molecule has 85 valence electrons. The molecule has 2 aromatic rings. The maximum Gasteiger partial charge on any atom is 1.00 e. The number of pyridine rings is 1. The van der Waals surface area contributed by atoms with Gasteiger partial charge in [-0.25, -0.2) is 0 Å². The van der Waals surface area contributed by atoms with Gasteiger partial charge in [0.1, 0.15) is 0 Å². The van der Waals surface area contributed by atoms with Gasteiger partial charge in [0.05, 0.1) is 0 Å². The van der Waals surface area contributed by atoms with E-state index in [9.17, 15) is 13.2 Å². The monoisotopic (exact) mass is 403 g/mol. The Morgan fingerprint density at radius 2 is 1.94 bits per heavy atom. The van der Waals surface area contributed by atoms with E-state index in [4.69, 9.17) is 0 Å². The fourth-order valence-electron chi connectivity index (χ4n) is 1.17. The Labute approximate surface area is 103 Å². The maximum absolute atomic E-state index is 12.3. The van der Waals surface area contributed by atoms with Crippen molar-refractivity contribution in [1.29, 1.82) is 0 Å². The Balaban J connectivity index is 0.00000128. The van der Waals surface area contributed by atoms with Crippen LogP contribution < -0.4 is 4.98 Å². The van der Waals surface area contributed by atoms with E-state index < -0.39 is 11.7 Å². The molecule has 0 atom stereocenters. The third-order valence-electron chi connectivity index (χ3n) is 1.89. The Morgan fingerprint density at radius 3 is 2.44 bits per heavy atom. The van der Waals surface area contributed by atoms with Gasteiger partial charge in [-0.05, 0) is 12.1 Å². The van der Waals surface area contributed by atoms with Gasteiger partial charge in [-0.3, -0.25) is 4.98 Å². The zero-order chi connectivity index (χ0) is 10.9. The van der Waals surface area contributed by atoms with Gasteiger partial charge in [0.2, 0.25) is 0 Å². The van der Waals surface area contributed by atoms with Crippen molar-refractivity contribution in [1.82, 2.24) is 9.97 Å². The van der Waals surface area contributed by atoms with Crippen molar-refractivity contribution < 1.29 is 33.0 Å². The second-order valence-electron chi connectivity index (χ2n) is 2.96. The molecule has 2 rings (SSSR count). The zero-order valence-corrected chi connectivity index (χ0v) is 10.4. The number of nitrogens with zero attached hydrogens (tertiary/aromatic N) is 2. The van der Waals surface area contributed by atoms with E-state index in [1.165, 1.54) is 6.20 Å². The first-order chi connectivity index (χ1) is 7.07. The number of alkyl halides is 3. The second kappa shape index (κ2) is 4.79. The van der Waals surface area contributed by atoms with Crippen molar-refractivity contribution in [3.05, 3.63) is 42.2 Å². The first-order valence-corrected chi connectivity index (χ1v) is 4.19. The number of hydrogen-bond donors (Lipinski definition) is 0. The summed E-state index contributed by atoms with van der Waals surface area (Å²) >= 11 is 0. The van der Waals surface area contributed by atoms with Crippen LogP contribution in [0.15, 0.2) is 36.7 Å². The summed E-state index contributed by atoms with van der Waals surface area (Å²) in [6, 6.07) is 5.99. The number of rotatable bonds is 1. The molecule has 16 heavy (non-hydrogen) atoms. The van der Waals surface area contributed by atoms with E-state index in [-0.39, 0.29) is 25.5 Å². The molecule has 0 aliphatic carbocycles. The molecule has 0 bridgehead atoms. The number of aromatic nitrogens is 2. The summed E-state index contributed by atoms with van der Waals surface area (Å²) in [4.78, 5) is 7.58. The second-order valence-corrected chi connectivity index (χ2v) is 2.96. The minimum atomic E-state index is -4.35. The molecule has 2 heterocycles. The minimum absolute atomic E-state index is 0. The van der Waals surface area contributed by atoms with Gasteiger partial charge in [-0.15, -0.1) is 5.69 Å². The average Bonchev–Trinajstić information content (AvgIpc) is 2.67. The first kappa shape index (κ1) is 12.9. The van der Waals surface area contributed by atoms with E-state index >= 15 is 0 Å². The molecule has 0 saturated heterocycles. The van der Waals surface area contributed by atoms with Gasteiger partial charge in [0.15, 0.2) is 0 Å². The molecule has 0 aliphatic heterocycles. The maximum atomic E-state index is 12.3. The molecule has 2 aromatic heterocycles. The van der Waals surface area contributed by atoms with Crippen LogP contribution in [0.25, 0.3) is 11.4 Å². The third-order valence-corrected chi connectivity index (χ3v) is 1.89. The Bertz CT molecular complexity index is 451. The molecule has 0 spiro atoms. The molecule has 0 saturated carbocycles. The van der Waals surface area contributed by atoms with Crippen LogP contribution in [0.3, 0.4) is 0 Å². The van der Waals surface area contributed by atoms with Crippen LogP contribution >= 0.6 is 0 Å². The quantitative estimate of drug-likeness (QED) is 0.735. The van der Waals surface area contributed by atoms with Gasteiger partial charge < -0.3 is 4.98 Å². The predicted octanol–water partition coefficient (Wildman–Crippen LogP) is 2.72. The van der Waals surface area contributed by atoms with E-state index in [0.29, 0.717) is 5.69 Å². The Kier molecular flexibility index (Phi) is 3.87. The first-order valence-electron chi connectivity index (χ1n) is 4.19. The van der Waals surface area contributed by atoms with E-state index in [1.807, 2.05) is 0 Å². The average molecular weight is 401 g/mol.